The zero-order chi connectivity index (χ0) is 20.8. The van der Waals surface area contributed by atoms with Crippen molar-refractivity contribution in [2.24, 2.45) is 5.10 Å². The van der Waals surface area contributed by atoms with Gasteiger partial charge in [-0.25, -0.2) is 10.4 Å². The summed E-state index contributed by atoms with van der Waals surface area (Å²) in [6, 6.07) is 21.6. The second-order valence-electron chi connectivity index (χ2n) is 6.16. The van der Waals surface area contributed by atoms with Crippen LogP contribution in [0.1, 0.15) is 17.2 Å². The van der Waals surface area contributed by atoms with Gasteiger partial charge in [0, 0.05) is 11.6 Å². The number of benzene rings is 3. The van der Waals surface area contributed by atoms with Crippen LogP contribution in [-0.2, 0) is 0 Å². The fraction of sp³-hybridized carbons (Fsp3) is 0.0500. The summed E-state index contributed by atoms with van der Waals surface area (Å²) >= 11 is 0. The first-order valence-corrected chi connectivity index (χ1v) is 8.70. The molecule has 6 N–H and O–H groups in total. The molecule has 3 aromatic carbocycles. The van der Waals surface area contributed by atoms with Gasteiger partial charge in [-0.3, -0.25) is 5.43 Å². The Bertz CT molecular complexity index is 965. The van der Waals surface area contributed by atoms with E-state index in [1.807, 2.05) is 12.1 Å². The van der Waals surface area contributed by atoms with E-state index in [9.17, 15) is 20.7 Å². The highest BCUT2D eigenvalue weighted by molar-refractivity contribution is 6.04. The number of hydrogen-bond donors (Lipinski definition) is 6. The van der Waals surface area contributed by atoms with Crippen LogP contribution in [0.2, 0.25) is 0 Å². The first-order valence-electron chi connectivity index (χ1n) is 8.70. The van der Waals surface area contributed by atoms with E-state index in [1.54, 1.807) is 48.5 Å². The van der Waals surface area contributed by atoms with Crippen LogP contribution in [0.4, 0.5) is 17.1 Å². The molecular weight excluding hydrogens is 376 g/mol. The third-order valence-electron chi connectivity index (χ3n) is 4.24. The maximum atomic E-state index is 11.5. The lowest BCUT2D eigenvalue weighted by Gasteiger charge is -2.19. The molecular formula is C20H20N4O5. The van der Waals surface area contributed by atoms with E-state index in [0.29, 0.717) is 11.1 Å². The third kappa shape index (κ3) is 5.02. The SMILES string of the molecule is [O-][NH+](O)c1ccc(NN=C(c2ccccc2)[C@@H](O)c2ccccc2)c([NH+]([O-])O)c1. The predicted octanol–water partition coefficient (Wildman–Crippen LogP) is 1.04. The van der Waals surface area contributed by atoms with E-state index in [-0.39, 0.29) is 22.8 Å². The van der Waals surface area contributed by atoms with Crippen molar-refractivity contribution in [2.45, 2.75) is 6.10 Å². The van der Waals surface area contributed by atoms with Gasteiger partial charge in [0.05, 0.1) is 6.07 Å². The minimum absolute atomic E-state index is 0.108. The standard InChI is InChI=1S/C20H20N4O5/c25-20(15-9-5-2-6-10-15)19(14-7-3-1-4-8-14)22-21-17-12-11-16(23(26)27)13-18(17)24(28)29/h1-13,20-21,23-26,28H/t20-/m0/s1. The van der Waals surface area contributed by atoms with E-state index >= 15 is 0 Å². The molecule has 0 aliphatic heterocycles. The Kier molecular flexibility index (Phi) is 6.65. The first kappa shape index (κ1) is 20.6. The molecule has 9 nitrogen and oxygen atoms in total. The summed E-state index contributed by atoms with van der Waals surface area (Å²) in [6.45, 7) is 0. The third-order valence-corrected chi connectivity index (χ3v) is 4.24. The molecule has 29 heavy (non-hydrogen) atoms. The van der Waals surface area contributed by atoms with Gasteiger partial charge in [-0.15, -0.1) is 0 Å². The van der Waals surface area contributed by atoms with Crippen molar-refractivity contribution < 1.29 is 26.0 Å². The summed E-state index contributed by atoms with van der Waals surface area (Å²) < 4.78 is 0. The highest BCUT2D eigenvalue weighted by atomic mass is 16.8. The summed E-state index contributed by atoms with van der Waals surface area (Å²) in [5.74, 6) is 0. The van der Waals surface area contributed by atoms with Crippen LogP contribution in [0.5, 0.6) is 0 Å². The number of nitrogens with zero attached hydrogens (tertiary/aromatic N) is 1. The molecule has 9 heteroatoms. The number of hydrazone groups is 1. The van der Waals surface area contributed by atoms with Gasteiger partial charge in [0.2, 0.25) is 0 Å². The molecule has 0 saturated carbocycles. The van der Waals surface area contributed by atoms with Gasteiger partial charge in [-0.1, -0.05) is 60.7 Å². The van der Waals surface area contributed by atoms with Gasteiger partial charge in [-0.05, 0) is 11.6 Å². The molecule has 0 amide bonds. The molecule has 150 valence electrons. The number of nitrogens with one attached hydrogen (secondary N) is 3. The lowest BCUT2D eigenvalue weighted by atomic mass is 9.99. The summed E-state index contributed by atoms with van der Waals surface area (Å²) in [7, 11) is 0. The van der Waals surface area contributed by atoms with Crippen molar-refractivity contribution in [3.63, 3.8) is 0 Å². The smallest absolute Gasteiger partial charge is 0.195 e. The molecule has 0 saturated heterocycles. The topological polar surface area (TPSA) is 140 Å². The second-order valence-corrected chi connectivity index (χ2v) is 6.16. The molecule has 0 bridgehead atoms. The number of aliphatic hydroxyl groups is 1. The van der Waals surface area contributed by atoms with Crippen molar-refractivity contribution in [1.29, 1.82) is 0 Å². The van der Waals surface area contributed by atoms with Crippen LogP contribution in [0.3, 0.4) is 0 Å². The summed E-state index contributed by atoms with van der Waals surface area (Å²) in [5, 5.41) is 53.7. The number of rotatable bonds is 7. The molecule has 0 aromatic heterocycles. The quantitative estimate of drug-likeness (QED) is 0.261. The largest absolute Gasteiger partial charge is 0.595 e. The van der Waals surface area contributed by atoms with Gasteiger partial charge < -0.3 is 15.5 Å². The maximum absolute atomic E-state index is 11.5. The molecule has 0 fully saturated rings. The highest BCUT2D eigenvalue weighted by Gasteiger charge is 2.19. The fourth-order valence-corrected chi connectivity index (χ4v) is 2.76. The minimum atomic E-state index is -1.30. The van der Waals surface area contributed by atoms with Crippen LogP contribution >= 0.6 is 0 Å². The van der Waals surface area contributed by atoms with Crippen molar-refractivity contribution in [2.75, 3.05) is 5.43 Å². The molecule has 2 unspecified atom stereocenters. The molecule has 0 aliphatic rings. The Morgan fingerprint density at radius 3 is 2.07 bits per heavy atom. The highest BCUT2D eigenvalue weighted by Crippen LogP contribution is 2.23. The van der Waals surface area contributed by atoms with Gasteiger partial charge in [0.15, 0.2) is 11.4 Å². The zero-order valence-electron chi connectivity index (χ0n) is 15.2. The van der Waals surface area contributed by atoms with E-state index in [0.717, 1.165) is 6.07 Å². The molecule has 0 aliphatic carbocycles. The van der Waals surface area contributed by atoms with Crippen LogP contribution in [0.15, 0.2) is 84.0 Å². The molecule has 0 spiro atoms. The Morgan fingerprint density at radius 2 is 1.48 bits per heavy atom. The fourth-order valence-electron chi connectivity index (χ4n) is 2.76. The number of anilines is 1. The molecule has 0 radical (unpaired) electrons. The average Bonchev–Trinajstić information content (AvgIpc) is 2.75. The first-order chi connectivity index (χ1) is 14.0. The molecule has 3 aromatic rings. The van der Waals surface area contributed by atoms with Crippen molar-refractivity contribution in [1.82, 2.24) is 0 Å². The zero-order valence-corrected chi connectivity index (χ0v) is 15.2. The minimum Gasteiger partial charge on any atom is -0.595 e. The summed E-state index contributed by atoms with van der Waals surface area (Å²) in [5.41, 5.74) is 3.94. The van der Waals surface area contributed by atoms with Crippen LogP contribution in [-0.4, -0.2) is 21.2 Å². The second kappa shape index (κ2) is 9.37. The normalized spacial score (nSPS) is 14.9. The lowest BCUT2D eigenvalue weighted by molar-refractivity contribution is -0.996. The van der Waals surface area contributed by atoms with E-state index < -0.39 is 16.6 Å². The van der Waals surface area contributed by atoms with E-state index in [2.05, 4.69) is 10.5 Å². The number of quaternary nitrogens is 2. The van der Waals surface area contributed by atoms with Crippen molar-refractivity contribution in [3.05, 3.63) is 100 Å². The van der Waals surface area contributed by atoms with Crippen LogP contribution < -0.4 is 15.9 Å². The maximum Gasteiger partial charge on any atom is 0.195 e. The Balaban J connectivity index is 1.99. The predicted molar refractivity (Wildman–Crippen MR) is 106 cm³/mol. The van der Waals surface area contributed by atoms with E-state index in [1.165, 1.54) is 12.1 Å². The molecule has 3 atom stereocenters. The lowest BCUT2D eigenvalue weighted by Crippen LogP contribution is -3.00. The van der Waals surface area contributed by atoms with E-state index in [4.69, 9.17) is 5.21 Å². The average molecular weight is 396 g/mol. The Hall–Kier alpha value is -3.15. The molecule has 0 heterocycles. The van der Waals surface area contributed by atoms with Gasteiger partial charge in [-0.2, -0.15) is 15.6 Å². The molecule has 3 rings (SSSR count). The summed E-state index contributed by atoms with van der Waals surface area (Å²) in [6.07, 6.45) is -1.06. The van der Waals surface area contributed by atoms with Crippen molar-refractivity contribution >= 4 is 22.8 Å². The Morgan fingerprint density at radius 1 is 0.862 bits per heavy atom. The number of hydrogen-bond acceptors (Lipinski definition) is 7. The number of aliphatic hydroxyl groups excluding tert-OH is 1. The van der Waals surface area contributed by atoms with Crippen molar-refractivity contribution in [3.8, 4) is 0 Å². The Labute approximate surface area is 166 Å². The van der Waals surface area contributed by atoms with Crippen LogP contribution in [0, 0.1) is 10.4 Å². The van der Waals surface area contributed by atoms with Gasteiger partial charge in [0.25, 0.3) is 0 Å². The van der Waals surface area contributed by atoms with Crippen LogP contribution in [0.25, 0.3) is 0 Å². The van der Waals surface area contributed by atoms with Gasteiger partial charge in [0.1, 0.15) is 17.5 Å². The monoisotopic (exact) mass is 396 g/mol. The summed E-state index contributed by atoms with van der Waals surface area (Å²) in [4.78, 5) is 0. The van der Waals surface area contributed by atoms with Gasteiger partial charge >= 0.3 is 0 Å².